The van der Waals surface area contributed by atoms with E-state index in [0.717, 1.165) is 43.0 Å². The monoisotopic (exact) mass is 451 g/mol. The molecule has 0 aliphatic carbocycles. The highest BCUT2D eigenvalue weighted by Gasteiger charge is 2.27. The molecule has 8 nitrogen and oxygen atoms in total. The van der Waals surface area contributed by atoms with Crippen LogP contribution in [-0.2, 0) is 11.2 Å². The molecule has 0 unspecified atom stereocenters. The highest BCUT2D eigenvalue weighted by Crippen LogP contribution is 2.32. The Morgan fingerprint density at radius 3 is 2.67 bits per heavy atom. The third-order valence-corrected chi connectivity index (χ3v) is 5.74. The molecule has 3 heterocycles. The van der Waals surface area contributed by atoms with E-state index in [2.05, 4.69) is 10.1 Å². The fourth-order valence-corrected chi connectivity index (χ4v) is 4.03. The van der Waals surface area contributed by atoms with Gasteiger partial charge in [-0.2, -0.15) is 0 Å². The zero-order valence-corrected chi connectivity index (χ0v) is 19.2. The van der Waals surface area contributed by atoms with Crippen LogP contribution in [0.25, 0.3) is 11.0 Å². The van der Waals surface area contributed by atoms with Gasteiger partial charge in [0.15, 0.2) is 11.9 Å². The van der Waals surface area contributed by atoms with Crippen LogP contribution in [0.5, 0.6) is 11.6 Å². The largest absolute Gasteiger partial charge is 0.444 e. The molecule has 0 radical (unpaired) electrons. The molecule has 2 aromatic heterocycles. The molecule has 8 heteroatoms. The topological polar surface area (TPSA) is 94.8 Å². The average molecular weight is 452 g/mol. The quantitative estimate of drug-likeness (QED) is 0.463. The van der Waals surface area contributed by atoms with Gasteiger partial charge in [-0.15, -0.1) is 0 Å². The zero-order chi connectivity index (χ0) is 23.4. The van der Waals surface area contributed by atoms with E-state index in [0.29, 0.717) is 41.8 Å². The Balaban J connectivity index is 1.38. The van der Waals surface area contributed by atoms with Gasteiger partial charge in [0, 0.05) is 30.7 Å². The van der Waals surface area contributed by atoms with Crippen molar-refractivity contribution in [1.29, 1.82) is 0 Å². The first-order valence-corrected chi connectivity index (χ1v) is 11.3. The highest BCUT2D eigenvalue weighted by molar-refractivity contribution is 5.98. The number of aromatic nitrogens is 2. The van der Waals surface area contributed by atoms with Gasteiger partial charge in [0.2, 0.25) is 5.88 Å². The Hall–Kier alpha value is -3.42. The van der Waals surface area contributed by atoms with Crippen LogP contribution in [0.1, 0.15) is 56.1 Å². The number of rotatable bonds is 6. The van der Waals surface area contributed by atoms with Crippen molar-refractivity contribution < 1.29 is 23.6 Å². The summed E-state index contributed by atoms with van der Waals surface area (Å²) in [5, 5.41) is 5.05. The standard InChI is InChI=1S/C25H29N3O5/c1-25(2,3)32-24(30)28-14-11-17(12-15-28)7-9-20-18-8-10-21(19(16-29)23(18)33-27-20)31-22-6-4-5-13-26-22/h4-6,8,10,13,16-17H,7,9,11-12,14-15H2,1-3H3. The first-order chi connectivity index (χ1) is 15.8. The number of aryl methyl sites for hydroxylation is 1. The number of hydrogen-bond donors (Lipinski definition) is 0. The molecule has 0 N–H and O–H groups in total. The summed E-state index contributed by atoms with van der Waals surface area (Å²) in [6.45, 7) is 7.03. The number of aldehydes is 1. The number of hydrogen-bond acceptors (Lipinski definition) is 7. The first-order valence-electron chi connectivity index (χ1n) is 11.3. The Morgan fingerprint density at radius 1 is 1.21 bits per heavy atom. The fraction of sp³-hybridized carbons (Fsp3) is 0.440. The number of benzene rings is 1. The maximum atomic E-state index is 12.3. The second kappa shape index (κ2) is 9.60. The Bertz CT molecular complexity index is 1110. The molecule has 0 atom stereocenters. The zero-order valence-electron chi connectivity index (χ0n) is 19.2. The summed E-state index contributed by atoms with van der Waals surface area (Å²) in [7, 11) is 0. The summed E-state index contributed by atoms with van der Waals surface area (Å²) in [4.78, 5) is 30.0. The molecule has 1 fully saturated rings. The molecule has 1 amide bonds. The predicted octanol–water partition coefficient (Wildman–Crippen LogP) is 5.41. The van der Waals surface area contributed by atoms with Crippen LogP contribution in [0.15, 0.2) is 41.1 Å². The van der Waals surface area contributed by atoms with E-state index in [-0.39, 0.29) is 6.09 Å². The minimum absolute atomic E-state index is 0.242. The van der Waals surface area contributed by atoms with E-state index in [1.54, 1.807) is 29.3 Å². The number of fused-ring (bicyclic) bond motifs is 1. The van der Waals surface area contributed by atoms with Crippen molar-refractivity contribution in [2.24, 2.45) is 5.92 Å². The van der Waals surface area contributed by atoms with Crippen molar-refractivity contribution in [2.75, 3.05) is 13.1 Å². The highest BCUT2D eigenvalue weighted by atomic mass is 16.6. The first kappa shape index (κ1) is 22.8. The molecule has 1 aliphatic rings. The van der Waals surface area contributed by atoms with Gasteiger partial charge >= 0.3 is 6.09 Å². The molecule has 1 aromatic carbocycles. The van der Waals surface area contributed by atoms with E-state index in [1.807, 2.05) is 32.9 Å². The molecule has 4 rings (SSSR count). The lowest BCUT2D eigenvalue weighted by molar-refractivity contribution is 0.0181. The summed E-state index contributed by atoms with van der Waals surface area (Å²) in [6.07, 6.45) is 5.64. The Labute approximate surface area is 192 Å². The number of nitrogens with zero attached hydrogens (tertiary/aromatic N) is 3. The van der Waals surface area contributed by atoms with Crippen molar-refractivity contribution >= 4 is 23.3 Å². The number of likely N-dealkylation sites (tertiary alicyclic amines) is 1. The molecule has 1 aliphatic heterocycles. The lowest BCUT2D eigenvalue weighted by Crippen LogP contribution is -2.41. The molecule has 0 spiro atoms. The van der Waals surface area contributed by atoms with Crippen LogP contribution in [0.4, 0.5) is 4.79 Å². The summed E-state index contributed by atoms with van der Waals surface area (Å²) in [5.41, 5.74) is 1.09. The van der Waals surface area contributed by atoms with Gasteiger partial charge in [-0.25, -0.2) is 9.78 Å². The predicted molar refractivity (Wildman–Crippen MR) is 123 cm³/mol. The van der Waals surface area contributed by atoms with Crippen molar-refractivity contribution in [3.8, 4) is 11.6 Å². The molecule has 174 valence electrons. The number of amides is 1. The third-order valence-electron chi connectivity index (χ3n) is 5.74. The normalized spacial score (nSPS) is 14.9. The second-order valence-electron chi connectivity index (χ2n) is 9.32. The minimum atomic E-state index is -0.481. The third kappa shape index (κ3) is 5.50. The van der Waals surface area contributed by atoms with E-state index in [1.165, 1.54) is 0 Å². The van der Waals surface area contributed by atoms with Gasteiger partial charge in [0.1, 0.15) is 16.9 Å². The molecule has 0 saturated carbocycles. The van der Waals surface area contributed by atoms with Gasteiger partial charge in [-0.1, -0.05) is 11.2 Å². The maximum Gasteiger partial charge on any atom is 0.410 e. The lowest BCUT2D eigenvalue weighted by Gasteiger charge is -2.33. The molecule has 3 aromatic rings. The molecular formula is C25H29N3O5. The van der Waals surface area contributed by atoms with Crippen LogP contribution >= 0.6 is 0 Å². The van der Waals surface area contributed by atoms with Crippen molar-refractivity contribution in [3.63, 3.8) is 0 Å². The van der Waals surface area contributed by atoms with Crippen LogP contribution < -0.4 is 4.74 Å². The van der Waals surface area contributed by atoms with E-state index in [9.17, 15) is 9.59 Å². The summed E-state index contributed by atoms with van der Waals surface area (Å²) in [5.74, 6) is 1.28. The summed E-state index contributed by atoms with van der Waals surface area (Å²) >= 11 is 0. The van der Waals surface area contributed by atoms with Gasteiger partial charge in [0.05, 0.1) is 5.69 Å². The number of ether oxygens (including phenoxy) is 2. The number of carbonyl (C=O) groups is 2. The van der Waals surface area contributed by atoms with Gasteiger partial charge in [0.25, 0.3) is 0 Å². The molecule has 0 bridgehead atoms. The smallest absolute Gasteiger partial charge is 0.410 e. The lowest BCUT2D eigenvalue weighted by atomic mass is 9.91. The molecule has 1 saturated heterocycles. The van der Waals surface area contributed by atoms with Crippen LogP contribution in [0, 0.1) is 5.92 Å². The average Bonchev–Trinajstić information content (AvgIpc) is 3.20. The Morgan fingerprint density at radius 2 is 2.00 bits per heavy atom. The molecular weight excluding hydrogens is 422 g/mol. The van der Waals surface area contributed by atoms with E-state index in [4.69, 9.17) is 14.0 Å². The fourth-order valence-electron chi connectivity index (χ4n) is 4.03. The minimum Gasteiger partial charge on any atom is -0.444 e. The SMILES string of the molecule is CC(C)(C)OC(=O)N1CCC(CCc2noc3c(C=O)c(Oc4ccccn4)ccc23)CC1. The van der Waals surface area contributed by atoms with Gasteiger partial charge < -0.3 is 18.9 Å². The summed E-state index contributed by atoms with van der Waals surface area (Å²) < 4.78 is 16.8. The number of piperidine rings is 1. The van der Waals surface area contributed by atoms with E-state index < -0.39 is 5.60 Å². The number of carbonyl (C=O) groups excluding carboxylic acids is 2. The van der Waals surface area contributed by atoms with Gasteiger partial charge in [-0.05, 0) is 70.6 Å². The maximum absolute atomic E-state index is 12.3. The molecule has 33 heavy (non-hydrogen) atoms. The van der Waals surface area contributed by atoms with Crippen LogP contribution in [-0.4, -0.2) is 46.1 Å². The number of pyridine rings is 1. The van der Waals surface area contributed by atoms with Crippen LogP contribution in [0.2, 0.25) is 0 Å². The second-order valence-corrected chi connectivity index (χ2v) is 9.32. The van der Waals surface area contributed by atoms with Crippen molar-refractivity contribution in [2.45, 2.75) is 52.1 Å². The van der Waals surface area contributed by atoms with Crippen LogP contribution in [0.3, 0.4) is 0 Å². The van der Waals surface area contributed by atoms with Gasteiger partial charge in [-0.3, -0.25) is 4.79 Å². The van der Waals surface area contributed by atoms with E-state index >= 15 is 0 Å². The van der Waals surface area contributed by atoms with Crippen molar-refractivity contribution in [3.05, 3.63) is 47.8 Å². The Kier molecular flexibility index (Phi) is 6.62. The summed E-state index contributed by atoms with van der Waals surface area (Å²) in [6, 6.07) is 8.95. The van der Waals surface area contributed by atoms with Crippen molar-refractivity contribution in [1.82, 2.24) is 15.0 Å².